The topological polar surface area (TPSA) is 60.5 Å². The zero-order valence-corrected chi connectivity index (χ0v) is 18.4. The first-order valence-corrected chi connectivity index (χ1v) is 10.4. The van der Waals surface area contributed by atoms with Crippen LogP contribution >= 0.6 is 0 Å². The summed E-state index contributed by atoms with van der Waals surface area (Å²) in [6.07, 6.45) is -2.82. The zero-order chi connectivity index (χ0) is 24.3. The number of esters is 1. The van der Waals surface area contributed by atoms with Crippen LogP contribution in [-0.4, -0.2) is 18.1 Å². The molecule has 1 aromatic heterocycles. The van der Waals surface area contributed by atoms with Crippen LogP contribution in [-0.2, 0) is 10.9 Å². The molecule has 174 valence electrons. The molecule has 0 fully saturated rings. The summed E-state index contributed by atoms with van der Waals surface area (Å²) in [5, 5.41) is 4.79. The van der Waals surface area contributed by atoms with Gasteiger partial charge in [0, 0.05) is 12.2 Å². The van der Waals surface area contributed by atoms with Gasteiger partial charge in [-0.1, -0.05) is 30.3 Å². The molecule has 1 heterocycles. The Morgan fingerprint density at radius 2 is 1.74 bits per heavy atom. The number of nitrogens with zero attached hydrogens (tertiary/aromatic N) is 1. The molecule has 8 heteroatoms. The van der Waals surface area contributed by atoms with E-state index in [-0.39, 0.29) is 11.8 Å². The third-order valence-electron chi connectivity index (χ3n) is 5.33. The van der Waals surface area contributed by atoms with Crippen LogP contribution in [0.2, 0.25) is 0 Å². The fourth-order valence-corrected chi connectivity index (χ4v) is 3.57. The predicted octanol–water partition coefficient (Wildman–Crippen LogP) is 7.01. The number of rotatable bonds is 6. The van der Waals surface area contributed by atoms with E-state index in [1.807, 2.05) is 25.1 Å². The number of anilines is 1. The van der Waals surface area contributed by atoms with Gasteiger partial charge in [-0.2, -0.15) is 13.2 Å². The molecule has 1 atom stereocenters. The van der Waals surface area contributed by atoms with E-state index in [2.05, 4.69) is 10.3 Å². The number of carbonyl (C=O) groups excluding carboxylic acids is 1. The van der Waals surface area contributed by atoms with Crippen molar-refractivity contribution in [3.05, 3.63) is 95.7 Å². The normalized spacial score (nSPS) is 12.3. The first-order valence-electron chi connectivity index (χ1n) is 10.4. The number of alkyl halides is 3. The van der Waals surface area contributed by atoms with Crippen LogP contribution in [0.5, 0.6) is 11.5 Å². The maximum Gasteiger partial charge on any atom is 0.416 e. The summed E-state index contributed by atoms with van der Waals surface area (Å²) in [4.78, 5) is 16.1. The summed E-state index contributed by atoms with van der Waals surface area (Å²) in [6.45, 7) is 1.93. The fraction of sp³-hybridized carbons (Fsp3) is 0.154. The van der Waals surface area contributed by atoms with Gasteiger partial charge in [-0.3, -0.25) is 0 Å². The van der Waals surface area contributed by atoms with E-state index in [0.717, 1.165) is 23.1 Å². The number of hydrogen-bond acceptors (Lipinski definition) is 5. The lowest BCUT2D eigenvalue weighted by Crippen LogP contribution is -2.09. The third kappa shape index (κ3) is 4.96. The van der Waals surface area contributed by atoms with Crippen LogP contribution in [0.1, 0.15) is 34.5 Å². The molecule has 1 N–H and O–H groups in total. The Morgan fingerprint density at radius 1 is 1.00 bits per heavy atom. The number of carbonyl (C=O) groups is 1. The Kier molecular flexibility index (Phi) is 6.40. The second-order valence-corrected chi connectivity index (χ2v) is 7.62. The van der Waals surface area contributed by atoms with Gasteiger partial charge >= 0.3 is 12.1 Å². The van der Waals surface area contributed by atoms with Gasteiger partial charge in [0.25, 0.3) is 0 Å². The predicted molar refractivity (Wildman–Crippen MR) is 123 cm³/mol. The van der Waals surface area contributed by atoms with Crippen LogP contribution < -0.4 is 10.1 Å². The zero-order valence-electron chi connectivity index (χ0n) is 18.4. The van der Waals surface area contributed by atoms with E-state index in [0.29, 0.717) is 22.5 Å². The van der Waals surface area contributed by atoms with Crippen molar-refractivity contribution in [2.24, 2.45) is 0 Å². The number of nitrogens with one attached hydrogen (secondary N) is 1. The summed E-state index contributed by atoms with van der Waals surface area (Å²) in [5.41, 5.74) is 0.562. The van der Waals surface area contributed by atoms with Gasteiger partial charge in [-0.05, 0) is 60.3 Å². The van der Waals surface area contributed by atoms with Crippen molar-refractivity contribution < 1.29 is 27.4 Å². The largest absolute Gasteiger partial charge is 0.465 e. The van der Waals surface area contributed by atoms with Crippen LogP contribution in [0.4, 0.5) is 19.0 Å². The average Bonchev–Trinajstić information content (AvgIpc) is 2.83. The molecular weight excluding hydrogens is 445 g/mol. The van der Waals surface area contributed by atoms with E-state index < -0.39 is 17.7 Å². The van der Waals surface area contributed by atoms with Gasteiger partial charge in [0.1, 0.15) is 17.3 Å². The van der Waals surface area contributed by atoms with Crippen LogP contribution in [0.3, 0.4) is 0 Å². The summed E-state index contributed by atoms with van der Waals surface area (Å²) < 4.78 is 50.0. The minimum Gasteiger partial charge on any atom is -0.465 e. The molecule has 0 aliphatic rings. The Hall–Kier alpha value is -4.07. The second kappa shape index (κ2) is 9.43. The second-order valence-electron chi connectivity index (χ2n) is 7.62. The maximum absolute atomic E-state index is 13.1. The Labute approximate surface area is 194 Å². The minimum absolute atomic E-state index is 0.0728. The number of hydrogen-bond donors (Lipinski definition) is 1. The molecule has 5 nitrogen and oxygen atoms in total. The maximum atomic E-state index is 13.1. The van der Waals surface area contributed by atoms with E-state index >= 15 is 0 Å². The SMILES string of the molecule is COC(=O)c1ccc([C@H](C)Nc2nccc3cccc(Oc4cccc(C(F)(F)F)c4)c23)cc1. The number of aromatic nitrogens is 1. The summed E-state index contributed by atoms with van der Waals surface area (Å²) in [7, 11) is 1.33. The quantitative estimate of drug-likeness (QED) is 0.310. The van der Waals surface area contributed by atoms with E-state index in [4.69, 9.17) is 9.47 Å². The van der Waals surface area contributed by atoms with E-state index in [1.165, 1.54) is 19.2 Å². The highest BCUT2D eigenvalue weighted by molar-refractivity contribution is 5.97. The minimum atomic E-state index is -4.47. The summed E-state index contributed by atoms with van der Waals surface area (Å²) in [5.74, 6) is 0.549. The molecule has 0 amide bonds. The molecule has 0 aliphatic heterocycles. The first kappa shape index (κ1) is 23.1. The highest BCUT2D eigenvalue weighted by Gasteiger charge is 2.30. The molecular formula is C26H21F3N2O3. The highest BCUT2D eigenvalue weighted by Crippen LogP contribution is 2.37. The number of ether oxygens (including phenoxy) is 2. The van der Waals surface area contributed by atoms with Gasteiger partial charge in [0.2, 0.25) is 0 Å². The molecule has 0 radical (unpaired) electrons. The van der Waals surface area contributed by atoms with Crippen molar-refractivity contribution in [3.63, 3.8) is 0 Å². The van der Waals surface area contributed by atoms with Crippen molar-refractivity contribution >= 4 is 22.6 Å². The number of methoxy groups -OCH3 is 1. The Morgan fingerprint density at radius 3 is 2.44 bits per heavy atom. The molecule has 0 unspecified atom stereocenters. The number of benzene rings is 3. The summed E-state index contributed by atoms with van der Waals surface area (Å²) in [6, 6.07) is 18.7. The van der Waals surface area contributed by atoms with Gasteiger partial charge in [0.05, 0.1) is 23.6 Å². The fourth-order valence-electron chi connectivity index (χ4n) is 3.57. The average molecular weight is 466 g/mol. The van der Waals surface area contributed by atoms with Gasteiger partial charge < -0.3 is 14.8 Å². The number of pyridine rings is 1. The third-order valence-corrected chi connectivity index (χ3v) is 5.33. The molecule has 0 bridgehead atoms. The molecule has 0 spiro atoms. The number of fused-ring (bicyclic) bond motifs is 1. The van der Waals surface area contributed by atoms with Crippen molar-refractivity contribution in [2.75, 3.05) is 12.4 Å². The molecule has 0 saturated heterocycles. The molecule has 0 aliphatic carbocycles. The van der Waals surface area contributed by atoms with Crippen molar-refractivity contribution in [2.45, 2.75) is 19.1 Å². The van der Waals surface area contributed by atoms with E-state index in [1.54, 1.807) is 36.5 Å². The van der Waals surface area contributed by atoms with Crippen molar-refractivity contribution in [3.8, 4) is 11.5 Å². The van der Waals surface area contributed by atoms with Gasteiger partial charge in [0.15, 0.2) is 0 Å². The van der Waals surface area contributed by atoms with Gasteiger partial charge in [-0.15, -0.1) is 0 Å². The molecule has 3 aromatic carbocycles. The van der Waals surface area contributed by atoms with Crippen LogP contribution in [0, 0.1) is 0 Å². The van der Waals surface area contributed by atoms with E-state index in [9.17, 15) is 18.0 Å². The monoisotopic (exact) mass is 466 g/mol. The molecule has 4 rings (SSSR count). The Balaban J connectivity index is 1.65. The number of halogens is 3. The van der Waals surface area contributed by atoms with Crippen molar-refractivity contribution in [1.82, 2.24) is 4.98 Å². The Bertz CT molecular complexity index is 1320. The smallest absolute Gasteiger partial charge is 0.416 e. The first-order chi connectivity index (χ1) is 16.3. The molecule has 4 aromatic rings. The van der Waals surface area contributed by atoms with Crippen molar-refractivity contribution in [1.29, 1.82) is 0 Å². The van der Waals surface area contributed by atoms with Crippen LogP contribution in [0.15, 0.2) is 79.0 Å². The lowest BCUT2D eigenvalue weighted by Gasteiger charge is -2.18. The van der Waals surface area contributed by atoms with Gasteiger partial charge in [-0.25, -0.2) is 9.78 Å². The molecule has 0 saturated carbocycles. The standard InChI is InChI=1S/C26H21F3N2O3/c1-16(17-9-11-19(12-10-17)25(32)33-2)31-24-23-18(13-14-30-24)5-3-8-22(23)34-21-7-4-6-20(15-21)26(27,28)29/h3-16H,1-2H3,(H,30,31)/t16-/m0/s1. The lowest BCUT2D eigenvalue weighted by atomic mass is 10.1. The summed E-state index contributed by atoms with van der Waals surface area (Å²) >= 11 is 0. The lowest BCUT2D eigenvalue weighted by molar-refractivity contribution is -0.137. The van der Waals surface area contributed by atoms with Crippen LogP contribution in [0.25, 0.3) is 10.8 Å². The molecule has 34 heavy (non-hydrogen) atoms. The highest BCUT2D eigenvalue weighted by atomic mass is 19.4.